The first-order chi connectivity index (χ1) is 10.6. The van der Waals surface area contributed by atoms with E-state index in [0.717, 1.165) is 0 Å². The minimum absolute atomic E-state index is 0.249. The highest BCUT2D eigenvalue weighted by molar-refractivity contribution is 9.10. The number of methoxy groups -OCH3 is 2. The second kappa shape index (κ2) is 6.05. The van der Waals surface area contributed by atoms with Gasteiger partial charge in [-0.3, -0.25) is 4.57 Å². The van der Waals surface area contributed by atoms with E-state index in [4.69, 9.17) is 19.9 Å². The molecule has 3 rings (SSSR count). The summed E-state index contributed by atoms with van der Waals surface area (Å²) in [4.78, 5) is 12.4. The standard InChI is InChI=1S/C12H16BrN5O4/c1-20-3-5-7(19)8(21-2)11(22-5)18-10-6(17-12(18)13)9(14)15-4-16-10/h4-5,7-8,11,19H,3H2,1-2H3,(H2,14,15,16)/t5-,7?,8+,11-/m1/s1. The highest BCUT2D eigenvalue weighted by atomic mass is 79.9. The molecule has 10 heteroatoms. The summed E-state index contributed by atoms with van der Waals surface area (Å²) < 4.78 is 18.5. The third-order valence-corrected chi connectivity index (χ3v) is 4.19. The molecule has 1 aliphatic heterocycles. The van der Waals surface area contributed by atoms with E-state index < -0.39 is 24.5 Å². The zero-order valence-corrected chi connectivity index (χ0v) is 13.6. The second-order valence-electron chi connectivity index (χ2n) is 4.89. The van der Waals surface area contributed by atoms with Gasteiger partial charge in [-0.15, -0.1) is 0 Å². The van der Waals surface area contributed by atoms with Crippen molar-refractivity contribution < 1.29 is 19.3 Å². The maximum atomic E-state index is 10.3. The normalized spacial score (nSPS) is 28.5. The fourth-order valence-corrected chi connectivity index (χ4v) is 3.16. The molecule has 1 aliphatic rings. The smallest absolute Gasteiger partial charge is 0.181 e. The highest BCUT2D eigenvalue weighted by Gasteiger charge is 2.46. The Morgan fingerprint density at radius 2 is 2.23 bits per heavy atom. The molecule has 0 saturated carbocycles. The van der Waals surface area contributed by atoms with Crippen LogP contribution in [0.4, 0.5) is 5.82 Å². The van der Waals surface area contributed by atoms with Crippen molar-refractivity contribution in [3.8, 4) is 0 Å². The number of anilines is 1. The fraction of sp³-hybridized carbons (Fsp3) is 0.583. The number of aromatic nitrogens is 4. The van der Waals surface area contributed by atoms with Gasteiger partial charge in [0, 0.05) is 14.2 Å². The zero-order valence-electron chi connectivity index (χ0n) is 12.0. The molecule has 22 heavy (non-hydrogen) atoms. The molecule has 0 amide bonds. The van der Waals surface area contributed by atoms with E-state index in [-0.39, 0.29) is 12.4 Å². The molecule has 1 fully saturated rings. The van der Waals surface area contributed by atoms with Crippen molar-refractivity contribution in [2.24, 2.45) is 0 Å². The van der Waals surface area contributed by atoms with E-state index in [0.29, 0.717) is 15.9 Å². The first-order valence-electron chi connectivity index (χ1n) is 6.57. The predicted molar refractivity (Wildman–Crippen MR) is 80.0 cm³/mol. The average molecular weight is 374 g/mol. The molecule has 0 spiro atoms. The number of rotatable bonds is 4. The molecular weight excluding hydrogens is 358 g/mol. The summed E-state index contributed by atoms with van der Waals surface area (Å²) in [5.41, 5.74) is 6.77. The van der Waals surface area contributed by atoms with Crippen LogP contribution in [0.15, 0.2) is 11.1 Å². The third kappa shape index (κ3) is 2.36. The quantitative estimate of drug-likeness (QED) is 0.724. The molecule has 0 bridgehead atoms. The van der Waals surface area contributed by atoms with Gasteiger partial charge >= 0.3 is 0 Å². The Morgan fingerprint density at radius 3 is 2.91 bits per heavy atom. The number of aliphatic hydroxyl groups is 1. The number of imidazole rings is 1. The number of ether oxygens (including phenoxy) is 3. The summed E-state index contributed by atoms with van der Waals surface area (Å²) in [7, 11) is 3.05. The van der Waals surface area contributed by atoms with Crippen LogP contribution in [0.1, 0.15) is 6.23 Å². The largest absolute Gasteiger partial charge is 0.387 e. The Hall–Kier alpha value is -1.33. The number of halogens is 1. The van der Waals surface area contributed by atoms with E-state index in [1.807, 2.05) is 0 Å². The van der Waals surface area contributed by atoms with Gasteiger partial charge in [0.15, 0.2) is 27.9 Å². The molecule has 9 nitrogen and oxygen atoms in total. The lowest BCUT2D eigenvalue weighted by Gasteiger charge is -2.20. The predicted octanol–water partition coefficient (Wildman–Crippen LogP) is 0.0907. The lowest BCUT2D eigenvalue weighted by atomic mass is 10.1. The fourth-order valence-electron chi connectivity index (χ4n) is 2.61. The van der Waals surface area contributed by atoms with E-state index in [1.54, 1.807) is 11.7 Å². The van der Waals surface area contributed by atoms with E-state index in [9.17, 15) is 5.11 Å². The van der Waals surface area contributed by atoms with E-state index >= 15 is 0 Å². The van der Waals surface area contributed by atoms with Crippen LogP contribution in [0, 0.1) is 0 Å². The molecule has 0 radical (unpaired) electrons. The summed E-state index contributed by atoms with van der Waals surface area (Å²) >= 11 is 3.37. The summed E-state index contributed by atoms with van der Waals surface area (Å²) in [5.74, 6) is 0.269. The lowest BCUT2D eigenvalue weighted by Crippen LogP contribution is -2.35. The maximum absolute atomic E-state index is 10.3. The Balaban J connectivity index is 2.06. The van der Waals surface area contributed by atoms with Crippen molar-refractivity contribution in [2.75, 3.05) is 26.6 Å². The Morgan fingerprint density at radius 1 is 1.45 bits per heavy atom. The van der Waals surface area contributed by atoms with E-state index in [1.165, 1.54) is 13.4 Å². The van der Waals surface area contributed by atoms with Gasteiger partial charge < -0.3 is 25.1 Å². The minimum atomic E-state index is -0.835. The molecule has 3 heterocycles. The van der Waals surface area contributed by atoms with Crippen LogP contribution in [0.25, 0.3) is 11.2 Å². The summed E-state index contributed by atoms with van der Waals surface area (Å²) in [6.07, 6.45) is -1.21. The Kier molecular flexibility index (Phi) is 4.28. The molecule has 1 unspecified atom stereocenters. The topological polar surface area (TPSA) is 118 Å². The number of fused-ring (bicyclic) bond motifs is 1. The van der Waals surface area contributed by atoms with Gasteiger partial charge in [0.05, 0.1) is 6.61 Å². The van der Waals surface area contributed by atoms with Crippen molar-refractivity contribution >= 4 is 32.9 Å². The first-order valence-corrected chi connectivity index (χ1v) is 7.37. The summed E-state index contributed by atoms with van der Waals surface area (Å²) in [6.45, 7) is 0.249. The number of hydrogen-bond donors (Lipinski definition) is 2. The van der Waals surface area contributed by atoms with E-state index in [2.05, 4.69) is 30.9 Å². The van der Waals surface area contributed by atoms with Crippen molar-refractivity contribution in [1.29, 1.82) is 0 Å². The first kappa shape index (κ1) is 15.6. The number of aliphatic hydroxyl groups excluding tert-OH is 1. The molecule has 0 aromatic carbocycles. The molecule has 2 aromatic rings. The molecular formula is C12H16BrN5O4. The highest BCUT2D eigenvalue weighted by Crippen LogP contribution is 2.36. The van der Waals surface area contributed by atoms with Crippen LogP contribution in [-0.2, 0) is 14.2 Å². The number of nitrogens with zero attached hydrogens (tertiary/aromatic N) is 4. The maximum Gasteiger partial charge on any atom is 0.181 e. The van der Waals surface area contributed by atoms with Crippen LogP contribution in [0.2, 0.25) is 0 Å². The van der Waals surface area contributed by atoms with Gasteiger partial charge in [-0.2, -0.15) is 0 Å². The van der Waals surface area contributed by atoms with Gasteiger partial charge in [0.1, 0.15) is 24.6 Å². The van der Waals surface area contributed by atoms with Crippen LogP contribution in [0.3, 0.4) is 0 Å². The van der Waals surface area contributed by atoms with Gasteiger partial charge in [0.25, 0.3) is 0 Å². The van der Waals surface area contributed by atoms with Crippen molar-refractivity contribution in [1.82, 2.24) is 19.5 Å². The molecule has 4 atom stereocenters. The molecule has 2 aromatic heterocycles. The molecule has 1 saturated heterocycles. The van der Waals surface area contributed by atoms with Gasteiger partial charge in [0.2, 0.25) is 0 Å². The monoisotopic (exact) mass is 373 g/mol. The number of nitrogen functional groups attached to an aromatic ring is 1. The Bertz CT molecular complexity index is 681. The minimum Gasteiger partial charge on any atom is -0.387 e. The third-order valence-electron chi connectivity index (χ3n) is 3.63. The van der Waals surface area contributed by atoms with Crippen molar-refractivity contribution in [3.05, 3.63) is 11.1 Å². The van der Waals surface area contributed by atoms with Crippen LogP contribution < -0.4 is 5.73 Å². The van der Waals surface area contributed by atoms with Gasteiger partial charge in [-0.05, 0) is 15.9 Å². The SMILES string of the molecule is COC[C@H]1O[C@@H](n2c(Br)nc3c(N)ncnc32)[C@@H](OC)C1O. The van der Waals surface area contributed by atoms with Gasteiger partial charge in [-0.1, -0.05) is 0 Å². The number of hydrogen-bond acceptors (Lipinski definition) is 8. The second-order valence-corrected chi connectivity index (χ2v) is 5.60. The summed E-state index contributed by atoms with van der Waals surface area (Å²) in [6, 6.07) is 0. The molecule has 0 aliphatic carbocycles. The molecule has 3 N–H and O–H groups in total. The van der Waals surface area contributed by atoms with Gasteiger partial charge in [-0.25, -0.2) is 15.0 Å². The average Bonchev–Trinajstić information content (AvgIpc) is 2.98. The van der Waals surface area contributed by atoms with Crippen LogP contribution >= 0.6 is 15.9 Å². The van der Waals surface area contributed by atoms with Crippen molar-refractivity contribution in [2.45, 2.75) is 24.5 Å². The van der Waals surface area contributed by atoms with Crippen LogP contribution in [-0.4, -0.2) is 63.8 Å². The zero-order chi connectivity index (χ0) is 15.9. The van der Waals surface area contributed by atoms with Crippen LogP contribution in [0.5, 0.6) is 0 Å². The number of nitrogens with two attached hydrogens (primary N) is 1. The summed E-state index contributed by atoms with van der Waals surface area (Å²) in [5, 5.41) is 10.3. The molecule has 120 valence electrons. The van der Waals surface area contributed by atoms with Crippen molar-refractivity contribution in [3.63, 3.8) is 0 Å². The Labute approximate surface area is 134 Å². The lowest BCUT2D eigenvalue weighted by molar-refractivity contribution is -0.0640.